The Kier molecular flexibility index (Phi) is 2.93. The molecule has 3 nitrogen and oxygen atoms in total. The zero-order valence-corrected chi connectivity index (χ0v) is 8.68. The van der Waals surface area contributed by atoms with Crippen LogP contribution in [0.25, 0.3) is 0 Å². The van der Waals surface area contributed by atoms with Crippen LogP contribution in [0.15, 0.2) is 48.8 Å². The van der Waals surface area contributed by atoms with Gasteiger partial charge in [0.05, 0.1) is 13.7 Å². The van der Waals surface area contributed by atoms with Crippen molar-refractivity contribution < 1.29 is 4.74 Å². The minimum absolute atomic E-state index is 0.784. The molecule has 0 saturated heterocycles. The molecule has 2 rings (SSSR count). The topological polar surface area (TPSA) is 26.2 Å². The van der Waals surface area contributed by atoms with E-state index in [0.717, 1.165) is 12.3 Å². The molecule has 1 aromatic carbocycles. The fourth-order valence-electron chi connectivity index (χ4n) is 1.40. The van der Waals surface area contributed by atoms with E-state index in [1.165, 1.54) is 5.56 Å². The van der Waals surface area contributed by atoms with Crippen LogP contribution in [0.2, 0.25) is 0 Å². The average Bonchev–Trinajstić information content (AvgIpc) is 2.79. The predicted molar refractivity (Wildman–Crippen MR) is 60.5 cm³/mol. The van der Waals surface area contributed by atoms with Crippen molar-refractivity contribution in [3.63, 3.8) is 0 Å². The van der Waals surface area contributed by atoms with E-state index >= 15 is 0 Å². The van der Waals surface area contributed by atoms with Gasteiger partial charge in [-0.05, 0) is 29.8 Å². The maximum atomic E-state index is 5.16. The molecule has 0 aliphatic rings. The molecule has 0 fully saturated rings. The first kappa shape index (κ1) is 9.65. The van der Waals surface area contributed by atoms with Gasteiger partial charge in [0.1, 0.15) is 5.75 Å². The van der Waals surface area contributed by atoms with Gasteiger partial charge in [-0.3, -0.25) is 4.68 Å². The first-order chi connectivity index (χ1) is 7.38. The minimum atomic E-state index is 0.784. The van der Waals surface area contributed by atoms with Crippen LogP contribution in [0.5, 0.6) is 5.75 Å². The number of methoxy groups -OCH3 is 1. The summed E-state index contributed by atoms with van der Waals surface area (Å²) in [5.41, 5.74) is 4.45. The Labute approximate surface area is 89.3 Å². The number of hydrogen-bond donors (Lipinski definition) is 1. The molecule has 2 aromatic rings. The largest absolute Gasteiger partial charge is 0.497 e. The summed E-state index contributed by atoms with van der Waals surface area (Å²) in [6, 6.07) is 12.0. The predicted octanol–water partition coefficient (Wildman–Crippen LogP) is 2.24. The van der Waals surface area contributed by atoms with Gasteiger partial charge in [-0.2, -0.15) is 0 Å². The maximum absolute atomic E-state index is 5.16. The molecule has 3 heteroatoms. The highest BCUT2D eigenvalue weighted by atomic mass is 16.5. The summed E-state index contributed by atoms with van der Waals surface area (Å²) >= 11 is 0. The molecule has 0 saturated carbocycles. The minimum Gasteiger partial charge on any atom is -0.497 e. The van der Waals surface area contributed by atoms with Gasteiger partial charge in [0.2, 0.25) is 0 Å². The maximum Gasteiger partial charge on any atom is 0.119 e. The highest BCUT2D eigenvalue weighted by Crippen LogP contribution is 2.12. The summed E-state index contributed by atoms with van der Waals surface area (Å²) in [7, 11) is 1.68. The number of ether oxygens (including phenoxy) is 1. The number of aromatic nitrogens is 1. The third-order valence-electron chi connectivity index (χ3n) is 2.20. The van der Waals surface area contributed by atoms with E-state index in [1.807, 2.05) is 47.4 Å². The van der Waals surface area contributed by atoms with Crippen LogP contribution in [0.3, 0.4) is 0 Å². The molecule has 15 heavy (non-hydrogen) atoms. The molecule has 0 amide bonds. The molecule has 1 heterocycles. The van der Waals surface area contributed by atoms with Crippen LogP contribution >= 0.6 is 0 Å². The lowest BCUT2D eigenvalue weighted by molar-refractivity contribution is 0.414. The van der Waals surface area contributed by atoms with Crippen LogP contribution < -0.4 is 10.2 Å². The van der Waals surface area contributed by atoms with Gasteiger partial charge in [-0.25, -0.2) is 0 Å². The van der Waals surface area contributed by atoms with E-state index in [1.54, 1.807) is 7.11 Å². The molecule has 0 aliphatic heterocycles. The molecule has 0 atom stereocenters. The zero-order chi connectivity index (χ0) is 10.5. The third-order valence-corrected chi connectivity index (χ3v) is 2.20. The van der Waals surface area contributed by atoms with Crippen LogP contribution in [0.1, 0.15) is 5.56 Å². The number of hydrogen-bond acceptors (Lipinski definition) is 2. The molecule has 78 valence electrons. The van der Waals surface area contributed by atoms with Crippen molar-refractivity contribution in [3.05, 3.63) is 54.4 Å². The van der Waals surface area contributed by atoms with E-state index in [2.05, 4.69) is 11.5 Å². The van der Waals surface area contributed by atoms with Crippen LogP contribution in [0, 0.1) is 0 Å². The van der Waals surface area contributed by atoms with Crippen molar-refractivity contribution >= 4 is 0 Å². The molecule has 1 aromatic heterocycles. The molecule has 0 radical (unpaired) electrons. The van der Waals surface area contributed by atoms with Gasteiger partial charge in [-0.15, -0.1) is 0 Å². The standard InChI is InChI=1S/C12H14N2O/c1-15-12-6-4-5-11(9-12)10-13-14-7-2-3-8-14/h2-9,13H,10H2,1H3. The SMILES string of the molecule is COc1cccc(CNn2cccc2)c1. The van der Waals surface area contributed by atoms with Gasteiger partial charge in [0.15, 0.2) is 0 Å². The molecular weight excluding hydrogens is 188 g/mol. The van der Waals surface area contributed by atoms with Crippen molar-refractivity contribution in [2.45, 2.75) is 6.54 Å². The Morgan fingerprint density at radius 1 is 1.20 bits per heavy atom. The second-order valence-electron chi connectivity index (χ2n) is 3.28. The number of nitrogens with one attached hydrogen (secondary N) is 1. The Hall–Kier alpha value is -1.90. The van der Waals surface area contributed by atoms with E-state index in [4.69, 9.17) is 4.74 Å². The average molecular weight is 202 g/mol. The molecule has 1 N–H and O–H groups in total. The van der Waals surface area contributed by atoms with Gasteiger partial charge in [0, 0.05) is 12.4 Å². The summed E-state index contributed by atoms with van der Waals surface area (Å²) in [6.45, 7) is 0.784. The fraction of sp³-hybridized carbons (Fsp3) is 0.167. The van der Waals surface area contributed by atoms with Crippen LogP contribution in [0.4, 0.5) is 0 Å². The third kappa shape index (κ3) is 2.53. The Morgan fingerprint density at radius 3 is 2.73 bits per heavy atom. The van der Waals surface area contributed by atoms with Crippen molar-refractivity contribution in [1.29, 1.82) is 0 Å². The lowest BCUT2D eigenvalue weighted by atomic mass is 10.2. The van der Waals surface area contributed by atoms with Crippen LogP contribution in [-0.2, 0) is 6.54 Å². The van der Waals surface area contributed by atoms with Gasteiger partial charge in [-0.1, -0.05) is 12.1 Å². The summed E-state index contributed by atoms with van der Waals surface area (Å²) in [4.78, 5) is 0. The van der Waals surface area contributed by atoms with Crippen molar-refractivity contribution in [2.75, 3.05) is 12.5 Å². The van der Waals surface area contributed by atoms with E-state index in [0.29, 0.717) is 0 Å². The number of nitrogens with zero attached hydrogens (tertiary/aromatic N) is 1. The second-order valence-corrected chi connectivity index (χ2v) is 3.28. The van der Waals surface area contributed by atoms with E-state index in [-0.39, 0.29) is 0 Å². The molecular formula is C12H14N2O. The van der Waals surface area contributed by atoms with E-state index < -0.39 is 0 Å². The monoisotopic (exact) mass is 202 g/mol. The summed E-state index contributed by atoms with van der Waals surface area (Å²) < 4.78 is 7.09. The first-order valence-corrected chi connectivity index (χ1v) is 4.88. The van der Waals surface area contributed by atoms with Crippen LogP contribution in [-0.4, -0.2) is 11.8 Å². The Balaban J connectivity index is 1.98. The smallest absolute Gasteiger partial charge is 0.119 e. The van der Waals surface area contributed by atoms with E-state index in [9.17, 15) is 0 Å². The lowest BCUT2D eigenvalue weighted by Crippen LogP contribution is -2.11. The molecule has 0 aliphatic carbocycles. The highest BCUT2D eigenvalue weighted by Gasteiger charge is 1.95. The summed E-state index contributed by atoms with van der Waals surface area (Å²) in [6.07, 6.45) is 3.94. The number of benzene rings is 1. The van der Waals surface area contributed by atoms with Crippen molar-refractivity contribution in [2.24, 2.45) is 0 Å². The quantitative estimate of drug-likeness (QED) is 0.823. The van der Waals surface area contributed by atoms with Gasteiger partial charge < -0.3 is 10.2 Å². The Morgan fingerprint density at radius 2 is 2.00 bits per heavy atom. The zero-order valence-electron chi connectivity index (χ0n) is 8.68. The summed E-state index contributed by atoms with van der Waals surface area (Å²) in [5, 5.41) is 0. The summed E-state index contributed by atoms with van der Waals surface area (Å²) in [5.74, 6) is 0.891. The Bertz CT molecular complexity index is 409. The second kappa shape index (κ2) is 4.55. The van der Waals surface area contributed by atoms with Gasteiger partial charge >= 0.3 is 0 Å². The normalized spacial score (nSPS) is 9.93. The first-order valence-electron chi connectivity index (χ1n) is 4.88. The molecule has 0 bridgehead atoms. The van der Waals surface area contributed by atoms with Crippen molar-refractivity contribution in [1.82, 2.24) is 4.68 Å². The fourth-order valence-corrected chi connectivity index (χ4v) is 1.40. The van der Waals surface area contributed by atoms with Crippen molar-refractivity contribution in [3.8, 4) is 5.75 Å². The molecule has 0 spiro atoms. The lowest BCUT2D eigenvalue weighted by Gasteiger charge is -2.08. The highest BCUT2D eigenvalue weighted by molar-refractivity contribution is 5.28. The number of rotatable bonds is 4. The molecule has 0 unspecified atom stereocenters. The van der Waals surface area contributed by atoms with Gasteiger partial charge in [0.25, 0.3) is 0 Å².